The molecule has 1 aliphatic rings. The molecule has 111 valence electrons. The summed E-state index contributed by atoms with van der Waals surface area (Å²) >= 11 is -2.02. The molecule has 0 N–H and O–H groups in total. The van der Waals surface area contributed by atoms with E-state index in [1.165, 1.54) is 6.42 Å². The normalized spacial score (nSPS) is 23.9. The number of hydrogen-bond donors (Lipinski definition) is 0. The van der Waals surface area contributed by atoms with Crippen molar-refractivity contribution in [2.24, 2.45) is 5.41 Å². The van der Waals surface area contributed by atoms with Gasteiger partial charge in [-0.2, -0.15) is 0 Å². The Morgan fingerprint density at radius 2 is 1.41 bits per heavy atom. The number of benzene rings is 2. The molecule has 0 aromatic heterocycles. The van der Waals surface area contributed by atoms with E-state index in [0.29, 0.717) is 3.93 Å². The molecule has 0 fully saturated rings. The summed E-state index contributed by atoms with van der Waals surface area (Å²) in [4.78, 5) is 0. The van der Waals surface area contributed by atoms with E-state index >= 15 is 0 Å². The second-order valence-corrected chi connectivity index (χ2v) is 13.7. The molecular formula is C21H23Sn. The number of allylic oxidation sites excluding steroid dienone is 4. The van der Waals surface area contributed by atoms with Crippen LogP contribution in [0.4, 0.5) is 0 Å². The Bertz CT molecular complexity index is 617. The minimum absolute atomic E-state index is 0.287. The van der Waals surface area contributed by atoms with Crippen LogP contribution in [-0.2, 0) is 0 Å². The molecule has 2 aromatic carbocycles. The molecule has 0 aliphatic heterocycles. The van der Waals surface area contributed by atoms with Crippen LogP contribution in [0.25, 0.3) is 0 Å². The summed E-state index contributed by atoms with van der Waals surface area (Å²) in [5.74, 6) is 0. The summed E-state index contributed by atoms with van der Waals surface area (Å²) in [5, 5.41) is 0. The maximum absolute atomic E-state index is 2.48. The van der Waals surface area contributed by atoms with Crippen LogP contribution in [0.5, 0.6) is 0 Å². The first-order valence-electron chi connectivity index (χ1n) is 8.08. The molecule has 0 saturated heterocycles. The SMILES string of the molecule is CCC1(C)C=CC=C[CH]1[Sn]([c]1ccccc1)[c]1ccccc1. The van der Waals surface area contributed by atoms with Gasteiger partial charge in [0, 0.05) is 0 Å². The van der Waals surface area contributed by atoms with Crippen molar-refractivity contribution >= 4 is 26.9 Å². The zero-order valence-electron chi connectivity index (χ0n) is 13.4. The fourth-order valence-corrected chi connectivity index (χ4v) is 13.1. The van der Waals surface area contributed by atoms with Crippen LogP contribution in [0.1, 0.15) is 20.3 Å². The average Bonchev–Trinajstić information content (AvgIpc) is 2.59. The van der Waals surface area contributed by atoms with E-state index in [0.717, 1.165) is 0 Å². The van der Waals surface area contributed by atoms with Gasteiger partial charge < -0.3 is 0 Å². The Kier molecular flexibility index (Phi) is 4.87. The van der Waals surface area contributed by atoms with Gasteiger partial charge in [-0.1, -0.05) is 0 Å². The Morgan fingerprint density at radius 1 is 0.864 bits per heavy atom. The van der Waals surface area contributed by atoms with Gasteiger partial charge in [0.15, 0.2) is 0 Å². The molecule has 2 atom stereocenters. The van der Waals surface area contributed by atoms with Gasteiger partial charge in [0.25, 0.3) is 0 Å². The van der Waals surface area contributed by atoms with E-state index in [9.17, 15) is 0 Å². The summed E-state index contributed by atoms with van der Waals surface area (Å²) in [6.45, 7) is 4.76. The Hall–Kier alpha value is -1.28. The first kappa shape index (κ1) is 15.6. The van der Waals surface area contributed by atoms with Gasteiger partial charge in [0.2, 0.25) is 0 Å². The first-order valence-corrected chi connectivity index (χ1v) is 12.6. The van der Waals surface area contributed by atoms with E-state index in [2.05, 4.69) is 98.8 Å². The second-order valence-electron chi connectivity index (χ2n) is 6.23. The van der Waals surface area contributed by atoms with Gasteiger partial charge in [-0.3, -0.25) is 0 Å². The molecule has 1 aliphatic carbocycles. The zero-order chi connectivity index (χ0) is 15.4. The standard InChI is InChI=1S/C9H13.2C6H5.Sn/c1-3-9(2)7-5-4-6-8-9;2*1-2-4-6-5-3-1;/h4-8H,3H2,1-2H3;2*1-5H;. The van der Waals surface area contributed by atoms with Crippen molar-refractivity contribution < 1.29 is 0 Å². The average molecular weight is 394 g/mol. The predicted molar refractivity (Wildman–Crippen MR) is 98.3 cm³/mol. The topological polar surface area (TPSA) is 0 Å². The predicted octanol–water partition coefficient (Wildman–Crippen LogP) is 4.21. The van der Waals surface area contributed by atoms with E-state index in [1.54, 1.807) is 7.16 Å². The van der Waals surface area contributed by atoms with Crippen LogP contribution in [0.3, 0.4) is 0 Å². The van der Waals surface area contributed by atoms with Gasteiger partial charge in [0.05, 0.1) is 0 Å². The van der Waals surface area contributed by atoms with Crippen LogP contribution in [0.15, 0.2) is 85.0 Å². The molecule has 0 amide bonds. The zero-order valence-corrected chi connectivity index (χ0v) is 16.2. The van der Waals surface area contributed by atoms with E-state index in [1.807, 2.05) is 0 Å². The number of hydrogen-bond acceptors (Lipinski definition) is 0. The van der Waals surface area contributed by atoms with Crippen LogP contribution in [0, 0.1) is 5.41 Å². The van der Waals surface area contributed by atoms with Crippen LogP contribution in [-0.4, -0.2) is 19.8 Å². The molecule has 0 saturated carbocycles. The fourth-order valence-electron chi connectivity index (χ4n) is 3.30. The molecule has 22 heavy (non-hydrogen) atoms. The fraction of sp³-hybridized carbons (Fsp3) is 0.238. The quantitative estimate of drug-likeness (QED) is 0.682. The molecule has 1 radical (unpaired) electrons. The van der Waals surface area contributed by atoms with Crippen LogP contribution in [0.2, 0.25) is 3.93 Å². The molecule has 0 spiro atoms. The van der Waals surface area contributed by atoms with E-state index in [-0.39, 0.29) is 5.41 Å². The van der Waals surface area contributed by atoms with Gasteiger partial charge in [-0.25, -0.2) is 0 Å². The van der Waals surface area contributed by atoms with Gasteiger partial charge in [0.1, 0.15) is 0 Å². The summed E-state index contributed by atoms with van der Waals surface area (Å²) in [7, 11) is 0. The van der Waals surface area contributed by atoms with E-state index < -0.39 is 19.8 Å². The Balaban J connectivity index is 2.10. The van der Waals surface area contributed by atoms with Gasteiger partial charge in [-0.15, -0.1) is 0 Å². The van der Waals surface area contributed by atoms with Crippen molar-refractivity contribution in [2.75, 3.05) is 0 Å². The molecule has 0 heterocycles. The maximum atomic E-state index is 2.48. The Labute approximate surface area is 141 Å². The summed E-state index contributed by atoms with van der Waals surface area (Å²) in [6, 6.07) is 22.5. The molecular weight excluding hydrogens is 371 g/mol. The third-order valence-corrected chi connectivity index (χ3v) is 14.5. The Morgan fingerprint density at radius 3 is 1.91 bits per heavy atom. The first-order chi connectivity index (χ1) is 10.7. The van der Waals surface area contributed by atoms with Crippen molar-refractivity contribution in [3.05, 3.63) is 85.0 Å². The van der Waals surface area contributed by atoms with Gasteiger partial charge in [-0.05, 0) is 0 Å². The van der Waals surface area contributed by atoms with Gasteiger partial charge >= 0.3 is 142 Å². The second kappa shape index (κ2) is 6.87. The molecule has 0 nitrogen and oxygen atoms in total. The van der Waals surface area contributed by atoms with Crippen molar-refractivity contribution in [3.63, 3.8) is 0 Å². The summed E-state index contributed by atoms with van der Waals surface area (Å²) < 4.78 is 3.87. The number of rotatable bonds is 4. The summed E-state index contributed by atoms with van der Waals surface area (Å²) in [5.41, 5.74) is 0.287. The third kappa shape index (κ3) is 3.07. The monoisotopic (exact) mass is 395 g/mol. The van der Waals surface area contributed by atoms with E-state index in [4.69, 9.17) is 0 Å². The molecule has 1 heteroatoms. The molecule has 3 rings (SSSR count). The molecule has 2 aromatic rings. The van der Waals surface area contributed by atoms with Crippen molar-refractivity contribution in [2.45, 2.75) is 24.2 Å². The molecule has 0 bridgehead atoms. The minimum atomic E-state index is -2.02. The van der Waals surface area contributed by atoms with Crippen molar-refractivity contribution in [1.82, 2.24) is 0 Å². The molecule has 2 unspecified atom stereocenters. The third-order valence-electron chi connectivity index (χ3n) is 4.84. The van der Waals surface area contributed by atoms with Crippen LogP contribution < -0.4 is 7.16 Å². The van der Waals surface area contributed by atoms with Crippen molar-refractivity contribution in [3.8, 4) is 0 Å². The van der Waals surface area contributed by atoms with Crippen LogP contribution >= 0.6 is 0 Å². The summed E-state index contributed by atoms with van der Waals surface area (Å²) in [6.07, 6.45) is 10.6. The van der Waals surface area contributed by atoms with Crippen molar-refractivity contribution in [1.29, 1.82) is 0 Å².